The van der Waals surface area contributed by atoms with Crippen molar-refractivity contribution in [2.24, 2.45) is 5.92 Å². The predicted molar refractivity (Wildman–Crippen MR) is 72.0 cm³/mol. The van der Waals surface area contributed by atoms with Gasteiger partial charge in [-0.05, 0) is 37.1 Å². The molecule has 1 saturated heterocycles. The Labute approximate surface area is 117 Å². The van der Waals surface area contributed by atoms with E-state index in [1.807, 2.05) is 19.9 Å². The van der Waals surface area contributed by atoms with E-state index in [4.69, 9.17) is 9.84 Å². The van der Waals surface area contributed by atoms with Crippen molar-refractivity contribution in [3.05, 3.63) is 29.3 Å². The maximum Gasteiger partial charge on any atom is 0.310 e. The van der Waals surface area contributed by atoms with Crippen LogP contribution in [-0.2, 0) is 19.6 Å². The zero-order valence-corrected chi connectivity index (χ0v) is 12.1. The Morgan fingerprint density at radius 1 is 1.25 bits per heavy atom. The van der Waals surface area contributed by atoms with Gasteiger partial charge >= 0.3 is 5.97 Å². The van der Waals surface area contributed by atoms with E-state index in [1.54, 1.807) is 12.1 Å². The molecule has 110 valence electrons. The van der Waals surface area contributed by atoms with Crippen molar-refractivity contribution in [1.82, 2.24) is 4.72 Å². The zero-order valence-electron chi connectivity index (χ0n) is 11.3. The SMILES string of the molecule is Cc1cc(C)cc(S(=O)(=O)NC2COCC2C(=O)O)c1. The minimum Gasteiger partial charge on any atom is -0.481 e. The standard InChI is InChI=1S/C13H17NO5S/c1-8-3-9(2)5-10(4-8)20(17,18)14-12-7-19-6-11(12)13(15)16/h3-5,11-12,14H,6-7H2,1-2H3,(H,15,16). The van der Waals surface area contributed by atoms with Gasteiger partial charge in [-0.2, -0.15) is 0 Å². The average molecular weight is 299 g/mol. The maximum atomic E-state index is 12.3. The van der Waals surface area contributed by atoms with Crippen LogP contribution in [0.15, 0.2) is 23.1 Å². The van der Waals surface area contributed by atoms with Gasteiger partial charge in [-0.25, -0.2) is 13.1 Å². The van der Waals surface area contributed by atoms with Crippen LogP contribution in [0.3, 0.4) is 0 Å². The number of sulfonamides is 1. The van der Waals surface area contributed by atoms with Crippen LogP contribution in [0.1, 0.15) is 11.1 Å². The second-order valence-corrected chi connectivity index (χ2v) is 6.75. The van der Waals surface area contributed by atoms with Crippen molar-refractivity contribution in [2.75, 3.05) is 13.2 Å². The molecule has 0 aliphatic carbocycles. The van der Waals surface area contributed by atoms with Crippen molar-refractivity contribution in [2.45, 2.75) is 24.8 Å². The summed E-state index contributed by atoms with van der Waals surface area (Å²) in [6.45, 7) is 3.71. The van der Waals surface area contributed by atoms with Crippen molar-refractivity contribution in [3.63, 3.8) is 0 Å². The molecule has 6 nitrogen and oxygen atoms in total. The third-order valence-corrected chi connectivity index (χ3v) is 4.68. The van der Waals surface area contributed by atoms with Crippen LogP contribution in [0.25, 0.3) is 0 Å². The number of aliphatic carboxylic acids is 1. The Hall–Kier alpha value is -1.44. The van der Waals surface area contributed by atoms with Gasteiger partial charge in [0.25, 0.3) is 0 Å². The van der Waals surface area contributed by atoms with Crippen LogP contribution < -0.4 is 4.72 Å². The van der Waals surface area contributed by atoms with Gasteiger partial charge < -0.3 is 9.84 Å². The Morgan fingerprint density at radius 2 is 1.85 bits per heavy atom. The molecule has 0 saturated carbocycles. The van der Waals surface area contributed by atoms with Crippen LogP contribution >= 0.6 is 0 Å². The molecule has 1 aromatic rings. The summed E-state index contributed by atoms with van der Waals surface area (Å²) < 4.78 is 32.1. The largest absolute Gasteiger partial charge is 0.481 e. The fraction of sp³-hybridized carbons (Fsp3) is 0.462. The molecular formula is C13H17NO5S. The number of benzene rings is 1. The van der Waals surface area contributed by atoms with Gasteiger partial charge in [-0.1, -0.05) is 6.07 Å². The number of rotatable bonds is 4. The summed E-state index contributed by atoms with van der Waals surface area (Å²) in [4.78, 5) is 11.2. The van der Waals surface area contributed by atoms with Gasteiger partial charge in [0.1, 0.15) is 0 Å². The molecule has 2 N–H and O–H groups in total. The van der Waals surface area contributed by atoms with E-state index in [0.717, 1.165) is 11.1 Å². The summed E-state index contributed by atoms with van der Waals surface area (Å²) in [6.07, 6.45) is 0. The van der Waals surface area contributed by atoms with Gasteiger partial charge in [0.05, 0.1) is 30.1 Å². The molecule has 2 rings (SSSR count). The molecule has 1 heterocycles. The molecule has 1 fully saturated rings. The summed E-state index contributed by atoms with van der Waals surface area (Å²) in [6, 6.07) is 4.25. The summed E-state index contributed by atoms with van der Waals surface area (Å²) >= 11 is 0. The Kier molecular flexibility index (Phi) is 4.12. The Morgan fingerprint density at radius 3 is 2.40 bits per heavy atom. The summed E-state index contributed by atoms with van der Waals surface area (Å²) in [5, 5.41) is 9.02. The smallest absolute Gasteiger partial charge is 0.310 e. The third-order valence-electron chi connectivity index (χ3n) is 3.21. The second-order valence-electron chi connectivity index (χ2n) is 5.03. The lowest BCUT2D eigenvalue weighted by molar-refractivity contribution is -0.142. The number of hydrogen-bond donors (Lipinski definition) is 2. The molecule has 0 spiro atoms. The molecule has 20 heavy (non-hydrogen) atoms. The quantitative estimate of drug-likeness (QED) is 0.853. The van der Waals surface area contributed by atoms with Gasteiger partial charge in [-0.3, -0.25) is 4.79 Å². The lowest BCUT2D eigenvalue weighted by atomic mass is 10.1. The summed E-state index contributed by atoms with van der Waals surface area (Å²) in [5.74, 6) is -1.91. The van der Waals surface area contributed by atoms with Crippen LogP contribution in [-0.4, -0.2) is 38.7 Å². The normalized spacial score (nSPS) is 22.9. The molecule has 1 aliphatic heterocycles. The maximum absolute atomic E-state index is 12.3. The van der Waals surface area contributed by atoms with Crippen LogP contribution in [0.4, 0.5) is 0 Å². The highest BCUT2D eigenvalue weighted by Crippen LogP contribution is 2.19. The highest BCUT2D eigenvalue weighted by Gasteiger charge is 2.37. The minimum atomic E-state index is -3.75. The summed E-state index contributed by atoms with van der Waals surface area (Å²) in [7, 11) is -3.75. The Balaban J connectivity index is 2.25. The highest BCUT2D eigenvalue weighted by atomic mass is 32.2. The molecule has 2 atom stereocenters. The third kappa shape index (κ3) is 3.17. The second kappa shape index (κ2) is 5.51. The minimum absolute atomic E-state index is 0.0232. The zero-order chi connectivity index (χ0) is 14.9. The number of hydrogen-bond acceptors (Lipinski definition) is 4. The molecule has 1 aromatic carbocycles. The van der Waals surface area contributed by atoms with E-state index in [0.29, 0.717) is 0 Å². The first-order chi connectivity index (χ1) is 9.29. The Bertz CT molecular complexity index is 605. The molecule has 1 aliphatic rings. The molecule has 2 unspecified atom stereocenters. The van der Waals surface area contributed by atoms with Crippen LogP contribution in [0.2, 0.25) is 0 Å². The number of aryl methyl sites for hydroxylation is 2. The van der Waals surface area contributed by atoms with E-state index < -0.39 is 28.0 Å². The topological polar surface area (TPSA) is 92.7 Å². The molecule has 0 amide bonds. The van der Waals surface area contributed by atoms with Crippen molar-refractivity contribution < 1.29 is 23.1 Å². The number of carbonyl (C=O) groups is 1. The molecule has 0 aromatic heterocycles. The number of ether oxygens (including phenoxy) is 1. The predicted octanol–water partition coefficient (Wildman–Crippen LogP) is 0.681. The van der Waals surface area contributed by atoms with Crippen LogP contribution in [0, 0.1) is 19.8 Å². The van der Waals surface area contributed by atoms with Crippen molar-refractivity contribution >= 4 is 16.0 Å². The van der Waals surface area contributed by atoms with Crippen molar-refractivity contribution in [3.8, 4) is 0 Å². The number of carboxylic acids is 1. The van der Waals surface area contributed by atoms with E-state index in [1.165, 1.54) is 0 Å². The lowest BCUT2D eigenvalue weighted by Crippen LogP contribution is -2.42. The first-order valence-electron chi connectivity index (χ1n) is 6.21. The highest BCUT2D eigenvalue weighted by molar-refractivity contribution is 7.89. The molecule has 0 bridgehead atoms. The van der Waals surface area contributed by atoms with Gasteiger partial charge in [0.2, 0.25) is 10.0 Å². The van der Waals surface area contributed by atoms with Gasteiger partial charge in [0.15, 0.2) is 0 Å². The van der Waals surface area contributed by atoms with E-state index in [9.17, 15) is 13.2 Å². The molecule has 0 radical (unpaired) electrons. The molecule has 7 heteroatoms. The van der Waals surface area contributed by atoms with E-state index in [2.05, 4.69) is 4.72 Å². The summed E-state index contributed by atoms with van der Waals surface area (Å²) in [5.41, 5.74) is 1.67. The monoisotopic (exact) mass is 299 g/mol. The number of nitrogens with one attached hydrogen (secondary N) is 1. The average Bonchev–Trinajstić information content (AvgIpc) is 2.75. The molecular weight excluding hydrogens is 282 g/mol. The number of carboxylic acid groups (broad SMARTS) is 1. The fourth-order valence-corrected chi connectivity index (χ4v) is 3.72. The van der Waals surface area contributed by atoms with E-state index >= 15 is 0 Å². The van der Waals surface area contributed by atoms with E-state index in [-0.39, 0.29) is 18.1 Å². The van der Waals surface area contributed by atoms with Crippen molar-refractivity contribution in [1.29, 1.82) is 0 Å². The van der Waals surface area contributed by atoms with Crippen LogP contribution in [0.5, 0.6) is 0 Å². The first-order valence-corrected chi connectivity index (χ1v) is 7.69. The fourth-order valence-electron chi connectivity index (χ4n) is 2.27. The van der Waals surface area contributed by atoms with Gasteiger partial charge in [0, 0.05) is 0 Å². The van der Waals surface area contributed by atoms with Gasteiger partial charge in [-0.15, -0.1) is 0 Å². The first kappa shape index (κ1) is 15.0. The lowest BCUT2D eigenvalue weighted by Gasteiger charge is -2.16.